The number of aryl methyl sites for hydroxylation is 1. The number of nitriles is 1. The van der Waals surface area contributed by atoms with Crippen LogP contribution in [0.5, 0.6) is 0 Å². The first kappa shape index (κ1) is 23.1. The van der Waals surface area contributed by atoms with Crippen LogP contribution in [0.15, 0.2) is 79.0 Å². The number of para-hydroxylation sites is 1. The molecule has 0 saturated heterocycles. The number of benzene rings is 3. The molecule has 2 amide bonds. The molecule has 0 spiro atoms. The van der Waals surface area contributed by atoms with E-state index in [1.54, 1.807) is 12.1 Å². The van der Waals surface area contributed by atoms with Crippen LogP contribution in [0.2, 0.25) is 5.02 Å². The maximum absolute atomic E-state index is 13.0. The van der Waals surface area contributed by atoms with E-state index in [4.69, 9.17) is 11.6 Å². The third kappa shape index (κ3) is 4.66. The summed E-state index contributed by atoms with van der Waals surface area (Å²) in [5.74, 6) is -0.868. The van der Waals surface area contributed by atoms with Crippen LogP contribution in [0.25, 0.3) is 22.0 Å². The van der Waals surface area contributed by atoms with Gasteiger partial charge in [-0.25, -0.2) is 0 Å². The Morgan fingerprint density at radius 2 is 1.74 bits per heavy atom. The molecule has 0 radical (unpaired) electrons. The molecule has 1 N–H and O–H groups in total. The highest BCUT2D eigenvalue weighted by atomic mass is 35.5. The molecular weight excluding hydrogens is 448 g/mol. The molecule has 0 aliphatic heterocycles. The first-order chi connectivity index (χ1) is 16.4. The summed E-state index contributed by atoms with van der Waals surface area (Å²) in [6.07, 6.45) is 4.04. The number of nitrogens with zero attached hydrogens (tertiary/aromatic N) is 3. The van der Waals surface area contributed by atoms with Gasteiger partial charge in [-0.3, -0.25) is 14.5 Å². The largest absolute Gasteiger partial charge is 0.350 e. The lowest BCUT2D eigenvalue weighted by molar-refractivity contribution is -0.129. The van der Waals surface area contributed by atoms with Gasteiger partial charge in [0, 0.05) is 53.8 Å². The maximum Gasteiger partial charge on any atom is 0.258 e. The number of halogens is 1. The molecule has 7 heteroatoms. The van der Waals surface area contributed by atoms with Crippen molar-refractivity contribution in [3.8, 4) is 17.3 Å². The number of hydrogen-bond donors (Lipinski definition) is 1. The quantitative estimate of drug-likeness (QED) is 0.325. The molecule has 1 heterocycles. The number of nitrogens with one attached hydrogen (secondary N) is 1. The number of aromatic nitrogens is 1. The van der Waals surface area contributed by atoms with Crippen molar-refractivity contribution in [2.75, 3.05) is 7.05 Å². The minimum atomic E-state index is -0.897. The van der Waals surface area contributed by atoms with Crippen LogP contribution < -0.4 is 5.32 Å². The normalized spacial score (nSPS) is 11.6. The lowest BCUT2D eigenvalue weighted by atomic mass is 10.0. The molecule has 0 bridgehead atoms. The van der Waals surface area contributed by atoms with E-state index in [-0.39, 0.29) is 6.42 Å². The number of carbonyl (C=O) groups is 2. The Kier molecular flexibility index (Phi) is 6.67. The number of rotatable bonds is 6. The van der Waals surface area contributed by atoms with Crippen molar-refractivity contribution < 1.29 is 9.59 Å². The van der Waals surface area contributed by atoms with Gasteiger partial charge in [-0.2, -0.15) is 5.26 Å². The van der Waals surface area contributed by atoms with Crippen LogP contribution in [0, 0.1) is 11.5 Å². The van der Waals surface area contributed by atoms with Crippen LogP contribution in [0.1, 0.15) is 15.9 Å². The zero-order valence-corrected chi connectivity index (χ0v) is 19.6. The molecule has 3 aromatic carbocycles. The molecule has 0 saturated carbocycles. The molecule has 170 valence electrons. The van der Waals surface area contributed by atoms with Gasteiger partial charge in [0.25, 0.3) is 11.8 Å². The lowest BCUT2D eigenvalue weighted by Crippen LogP contribution is -2.47. The number of likely N-dealkylation sites (N-methyl/N-ethyl adjacent to an activating group) is 1. The molecule has 6 nitrogen and oxygen atoms in total. The number of amides is 2. The van der Waals surface area contributed by atoms with E-state index in [2.05, 4.69) is 5.32 Å². The maximum atomic E-state index is 13.0. The van der Waals surface area contributed by atoms with Crippen molar-refractivity contribution in [1.29, 1.82) is 5.26 Å². The van der Waals surface area contributed by atoms with Gasteiger partial charge in [-0.15, -0.1) is 0 Å². The molecule has 0 aliphatic carbocycles. The number of hydrogen-bond acceptors (Lipinski definition) is 3. The van der Waals surface area contributed by atoms with Crippen LogP contribution in [-0.4, -0.2) is 34.4 Å². The molecule has 34 heavy (non-hydrogen) atoms. The van der Waals surface area contributed by atoms with Gasteiger partial charge in [0.05, 0.1) is 0 Å². The summed E-state index contributed by atoms with van der Waals surface area (Å²) in [6, 6.07) is 21.5. The summed E-state index contributed by atoms with van der Waals surface area (Å²) < 4.78 is 1.98. The van der Waals surface area contributed by atoms with Crippen molar-refractivity contribution in [2.45, 2.75) is 12.5 Å². The predicted molar refractivity (Wildman–Crippen MR) is 133 cm³/mol. The predicted octanol–water partition coefficient (Wildman–Crippen LogP) is 4.78. The van der Waals surface area contributed by atoms with Gasteiger partial charge >= 0.3 is 0 Å². The fraction of sp³-hybridized carbons (Fsp3) is 0.148. The van der Waals surface area contributed by atoms with Crippen LogP contribution in [-0.2, 0) is 18.3 Å². The van der Waals surface area contributed by atoms with E-state index in [1.165, 1.54) is 7.05 Å². The molecule has 1 aromatic heterocycles. The highest BCUT2D eigenvalue weighted by molar-refractivity contribution is 6.33. The van der Waals surface area contributed by atoms with E-state index >= 15 is 0 Å². The average Bonchev–Trinajstić information content (AvgIpc) is 3.18. The fourth-order valence-electron chi connectivity index (χ4n) is 4.03. The minimum absolute atomic E-state index is 0.260. The Balaban J connectivity index is 1.59. The molecule has 1 atom stereocenters. The van der Waals surface area contributed by atoms with Crippen molar-refractivity contribution in [3.05, 3.63) is 95.1 Å². The third-order valence-electron chi connectivity index (χ3n) is 5.82. The number of fused-ring (bicyclic) bond motifs is 1. The minimum Gasteiger partial charge on any atom is -0.350 e. The topological polar surface area (TPSA) is 78.1 Å². The van der Waals surface area contributed by atoms with Crippen molar-refractivity contribution in [2.24, 2.45) is 7.05 Å². The molecule has 0 unspecified atom stereocenters. The SMILES string of the molecule is CN(C#N)C(=O)[C@H](Cc1cn(C)c2ccccc12)NC(=O)c1ccc(-c2ccccc2Cl)cc1. The summed E-state index contributed by atoms with van der Waals surface area (Å²) >= 11 is 6.28. The van der Waals surface area contributed by atoms with Gasteiger partial charge in [-0.05, 0) is 35.4 Å². The van der Waals surface area contributed by atoms with E-state index in [9.17, 15) is 14.9 Å². The zero-order chi connectivity index (χ0) is 24.2. The van der Waals surface area contributed by atoms with Crippen LogP contribution in [0.4, 0.5) is 0 Å². The Morgan fingerprint density at radius 3 is 2.44 bits per heavy atom. The van der Waals surface area contributed by atoms with Gasteiger partial charge in [-0.1, -0.05) is 60.1 Å². The summed E-state index contributed by atoms with van der Waals surface area (Å²) in [6.45, 7) is 0. The Bertz CT molecular complexity index is 1400. The smallest absolute Gasteiger partial charge is 0.258 e. The van der Waals surface area contributed by atoms with Crippen LogP contribution in [0.3, 0.4) is 0 Å². The summed E-state index contributed by atoms with van der Waals surface area (Å²) in [4.78, 5) is 26.9. The first-order valence-electron chi connectivity index (χ1n) is 10.7. The van der Waals surface area contributed by atoms with E-state index in [0.29, 0.717) is 10.6 Å². The summed E-state index contributed by atoms with van der Waals surface area (Å²) in [5.41, 5.74) is 4.10. The second kappa shape index (κ2) is 9.82. The summed E-state index contributed by atoms with van der Waals surface area (Å²) in [7, 11) is 3.33. The second-order valence-corrected chi connectivity index (χ2v) is 8.47. The lowest BCUT2D eigenvalue weighted by Gasteiger charge is -2.20. The Labute approximate surface area is 203 Å². The summed E-state index contributed by atoms with van der Waals surface area (Å²) in [5, 5.41) is 13.7. The molecule has 4 aromatic rings. The van der Waals surface area contributed by atoms with Crippen LogP contribution >= 0.6 is 11.6 Å². The van der Waals surface area contributed by atoms with Crippen molar-refractivity contribution in [1.82, 2.24) is 14.8 Å². The second-order valence-electron chi connectivity index (χ2n) is 8.07. The fourth-order valence-corrected chi connectivity index (χ4v) is 4.27. The van der Waals surface area contributed by atoms with Gasteiger partial charge in [0.15, 0.2) is 6.19 Å². The van der Waals surface area contributed by atoms with E-state index in [1.807, 2.05) is 84.7 Å². The molecular formula is C27H23ClN4O2. The Hall–Kier alpha value is -4.08. The Morgan fingerprint density at radius 1 is 1.06 bits per heavy atom. The molecule has 0 aliphatic rings. The van der Waals surface area contributed by atoms with Gasteiger partial charge < -0.3 is 9.88 Å². The van der Waals surface area contributed by atoms with Gasteiger partial charge in [0.2, 0.25) is 0 Å². The molecule has 4 rings (SSSR count). The first-order valence-corrected chi connectivity index (χ1v) is 11.1. The van der Waals surface area contributed by atoms with E-state index < -0.39 is 17.9 Å². The zero-order valence-electron chi connectivity index (χ0n) is 18.8. The highest BCUT2D eigenvalue weighted by Gasteiger charge is 2.26. The van der Waals surface area contributed by atoms with Crippen molar-refractivity contribution in [3.63, 3.8) is 0 Å². The average molecular weight is 471 g/mol. The monoisotopic (exact) mass is 470 g/mol. The van der Waals surface area contributed by atoms with E-state index in [0.717, 1.165) is 32.5 Å². The number of carbonyl (C=O) groups excluding carboxylic acids is 2. The standard InChI is InChI=1S/C27H23ClN4O2/c1-31-16-20(22-8-4-6-10-25(22)31)15-24(27(34)32(2)17-29)30-26(33)19-13-11-18(12-14-19)21-7-3-5-9-23(21)28/h3-14,16,24H,15H2,1-2H3,(H,30,33)/t24-/m0/s1. The van der Waals surface area contributed by atoms with Gasteiger partial charge in [0.1, 0.15) is 6.04 Å². The highest BCUT2D eigenvalue weighted by Crippen LogP contribution is 2.27. The third-order valence-corrected chi connectivity index (χ3v) is 6.15. The molecule has 0 fully saturated rings. The van der Waals surface area contributed by atoms with Crippen molar-refractivity contribution >= 4 is 34.3 Å².